The van der Waals surface area contributed by atoms with Gasteiger partial charge in [0.15, 0.2) is 0 Å². The van der Waals surface area contributed by atoms with Gasteiger partial charge in [0, 0.05) is 18.2 Å². The van der Waals surface area contributed by atoms with Gasteiger partial charge in [-0.25, -0.2) is 4.39 Å². The zero-order chi connectivity index (χ0) is 13.5. The summed E-state index contributed by atoms with van der Waals surface area (Å²) >= 11 is 1.82. The van der Waals surface area contributed by atoms with Gasteiger partial charge in [-0.1, -0.05) is 0 Å². The van der Waals surface area contributed by atoms with E-state index < -0.39 is 0 Å². The Morgan fingerprint density at radius 1 is 1.50 bits per heavy atom. The van der Waals surface area contributed by atoms with Crippen molar-refractivity contribution in [2.45, 2.75) is 25.9 Å². The van der Waals surface area contributed by atoms with E-state index in [-0.39, 0.29) is 5.82 Å². The number of halogens is 1. The molecule has 0 aliphatic carbocycles. The van der Waals surface area contributed by atoms with Crippen LogP contribution in [0.25, 0.3) is 0 Å². The second kappa shape index (κ2) is 7.40. The first-order chi connectivity index (χ1) is 8.58. The standard InChI is InChI=1S/C14H19FN2S/c1-11(6-7-18-3)17(2)10-13-8-12(9-16)4-5-14(13)15/h4-5,8,11H,6-7,10H2,1-3H3. The highest BCUT2D eigenvalue weighted by atomic mass is 32.2. The third-order valence-electron chi connectivity index (χ3n) is 3.09. The lowest BCUT2D eigenvalue weighted by Gasteiger charge is -2.24. The fraction of sp³-hybridized carbons (Fsp3) is 0.500. The van der Waals surface area contributed by atoms with Crippen LogP contribution >= 0.6 is 11.8 Å². The lowest BCUT2D eigenvalue weighted by atomic mass is 10.1. The van der Waals surface area contributed by atoms with E-state index in [4.69, 9.17) is 5.26 Å². The summed E-state index contributed by atoms with van der Waals surface area (Å²) in [6, 6.07) is 6.96. The van der Waals surface area contributed by atoms with Gasteiger partial charge >= 0.3 is 0 Å². The molecule has 0 radical (unpaired) electrons. The molecule has 0 aromatic heterocycles. The Bertz CT molecular complexity index is 428. The van der Waals surface area contributed by atoms with Gasteiger partial charge in [0.05, 0.1) is 11.6 Å². The Kier molecular flexibility index (Phi) is 6.17. The molecular formula is C14H19FN2S. The highest BCUT2D eigenvalue weighted by Crippen LogP contribution is 2.15. The maximum Gasteiger partial charge on any atom is 0.127 e. The molecule has 1 unspecified atom stereocenters. The Balaban J connectivity index is 2.69. The van der Waals surface area contributed by atoms with Gasteiger partial charge in [0.1, 0.15) is 5.82 Å². The Morgan fingerprint density at radius 3 is 2.83 bits per heavy atom. The van der Waals surface area contributed by atoms with Gasteiger partial charge in [-0.2, -0.15) is 17.0 Å². The molecule has 2 nitrogen and oxygen atoms in total. The first-order valence-electron chi connectivity index (χ1n) is 5.96. The zero-order valence-corrected chi connectivity index (χ0v) is 11.9. The quantitative estimate of drug-likeness (QED) is 0.790. The zero-order valence-electron chi connectivity index (χ0n) is 11.1. The molecule has 0 saturated carbocycles. The summed E-state index contributed by atoms with van der Waals surface area (Å²) in [5.74, 6) is 0.865. The Morgan fingerprint density at radius 2 is 2.22 bits per heavy atom. The summed E-state index contributed by atoms with van der Waals surface area (Å²) in [4.78, 5) is 2.12. The Hall–Kier alpha value is -1.05. The van der Waals surface area contributed by atoms with Crippen molar-refractivity contribution >= 4 is 11.8 Å². The number of rotatable bonds is 6. The van der Waals surface area contributed by atoms with Crippen molar-refractivity contribution in [3.05, 3.63) is 35.1 Å². The molecule has 0 fully saturated rings. The molecule has 0 N–H and O–H groups in total. The molecule has 4 heteroatoms. The van der Waals surface area contributed by atoms with E-state index in [2.05, 4.69) is 18.1 Å². The SMILES string of the molecule is CSCCC(C)N(C)Cc1cc(C#N)ccc1F. The molecule has 0 heterocycles. The van der Waals surface area contributed by atoms with Crippen molar-refractivity contribution in [1.29, 1.82) is 5.26 Å². The smallest absolute Gasteiger partial charge is 0.127 e. The molecule has 0 aliphatic heterocycles. The van der Waals surface area contributed by atoms with E-state index in [9.17, 15) is 4.39 Å². The van der Waals surface area contributed by atoms with Crippen LogP contribution in [0.3, 0.4) is 0 Å². The number of benzene rings is 1. The average molecular weight is 266 g/mol. The van der Waals surface area contributed by atoms with Crippen molar-refractivity contribution in [1.82, 2.24) is 4.90 Å². The van der Waals surface area contributed by atoms with E-state index >= 15 is 0 Å². The second-order valence-electron chi connectivity index (χ2n) is 4.46. The van der Waals surface area contributed by atoms with Gasteiger partial charge in [0.2, 0.25) is 0 Å². The summed E-state index contributed by atoms with van der Waals surface area (Å²) in [6.45, 7) is 2.68. The number of nitriles is 1. The predicted octanol–water partition coefficient (Wildman–Crippen LogP) is 3.27. The number of nitrogens with zero attached hydrogens (tertiary/aromatic N) is 2. The average Bonchev–Trinajstić information content (AvgIpc) is 2.38. The monoisotopic (exact) mass is 266 g/mol. The molecule has 0 spiro atoms. The van der Waals surface area contributed by atoms with Gasteiger partial charge < -0.3 is 0 Å². The lowest BCUT2D eigenvalue weighted by Crippen LogP contribution is -2.29. The van der Waals surface area contributed by atoms with Crippen molar-refractivity contribution in [3.63, 3.8) is 0 Å². The Labute approximate surface area is 113 Å². The van der Waals surface area contributed by atoms with Crippen LogP contribution in [0.15, 0.2) is 18.2 Å². The highest BCUT2D eigenvalue weighted by Gasteiger charge is 2.12. The van der Waals surface area contributed by atoms with Crippen molar-refractivity contribution in [3.8, 4) is 6.07 Å². The van der Waals surface area contributed by atoms with Crippen LogP contribution < -0.4 is 0 Å². The summed E-state index contributed by atoms with van der Waals surface area (Å²) in [5, 5.41) is 8.82. The maximum atomic E-state index is 13.6. The molecule has 98 valence electrons. The van der Waals surface area contributed by atoms with E-state index in [0.29, 0.717) is 23.7 Å². The first-order valence-corrected chi connectivity index (χ1v) is 7.35. The van der Waals surface area contributed by atoms with E-state index in [1.54, 1.807) is 6.07 Å². The third kappa shape index (κ3) is 4.32. The minimum atomic E-state index is -0.238. The molecular weight excluding hydrogens is 247 g/mol. The van der Waals surface area contributed by atoms with Crippen LogP contribution in [0.2, 0.25) is 0 Å². The summed E-state index contributed by atoms with van der Waals surface area (Å²) in [7, 11) is 1.99. The predicted molar refractivity (Wildman–Crippen MR) is 75.0 cm³/mol. The van der Waals surface area contributed by atoms with Crippen LogP contribution in [-0.4, -0.2) is 30.0 Å². The molecule has 1 rings (SSSR count). The number of thioether (sulfide) groups is 1. The normalized spacial score (nSPS) is 12.4. The molecule has 1 atom stereocenters. The van der Waals surface area contributed by atoms with Crippen LogP contribution in [0.5, 0.6) is 0 Å². The fourth-order valence-electron chi connectivity index (χ4n) is 1.70. The van der Waals surface area contributed by atoms with Gasteiger partial charge in [-0.05, 0) is 50.6 Å². The van der Waals surface area contributed by atoms with Crippen LogP contribution in [0.4, 0.5) is 4.39 Å². The number of hydrogen-bond acceptors (Lipinski definition) is 3. The topological polar surface area (TPSA) is 27.0 Å². The molecule has 0 bridgehead atoms. The van der Waals surface area contributed by atoms with E-state index in [1.165, 1.54) is 12.1 Å². The first kappa shape index (κ1) is 15.0. The van der Waals surface area contributed by atoms with Crippen molar-refractivity contribution < 1.29 is 4.39 Å². The fourth-order valence-corrected chi connectivity index (χ4v) is 2.28. The summed E-state index contributed by atoms with van der Waals surface area (Å²) in [5.41, 5.74) is 1.10. The van der Waals surface area contributed by atoms with Gasteiger partial charge in [0.25, 0.3) is 0 Å². The second-order valence-corrected chi connectivity index (χ2v) is 5.45. The van der Waals surface area contributed by atoms with Crippen molar-refractivity contribution in [2.75, 3.05) is 19.1 Å². The van der Waals surface area contributed by atoms with Crippen molar-refractivity contribution in [2.24, 2.45) is 0 Å². The molecule has 1 aromatic rings. The van der Waals surface area contributed by atoms with Crippen LogP contribution in [-0.2, 0) is 6.54 Å². The minimum Gasteiger partial charge on any atom is -0.299 e. The lowest BCUT2D eigenvalue weighted by molar-refractivity contribution is 0.242. The van der Waals surface area contributed by atoms with Crippen LogP contribution in [0.1, 0.15) is 24.5 Å². The molecule has 18 heavy (non-hydrogen) atoms. The molecule has 0 aliphatic rings. The van der Waals surface area contributed by atoms with Gasteiger partial charge in [-0.3, -0.25) is 4.90 Å². The summed E-state index contributed by atoms with van der Waals surface area (Å²) in [6.07, 6.45) is 3.17. The maximum absolute atomic E-state index is 13.6. The molecule has 1 aromatic carbocycles. The van der Waals surface area contributed by atoms with E-state index in [0.717, 1.165) is 12.2 Å². The van der Waals surface area contributed by atoms with Gasteiger partial charge in [-0.15, -0.1) is 0 Å². The third-order valence-corrected chi connectivity index (χ3v) is 3.73. The van der Waals surface area contributed by atoms with Crippen LogP contribution in [0, 0.1) is 17.1 Å². The largest absolute Gasteiger partial charge is 0.299 e. The van der Waals surface area contributed by atoms with E-state index in [1.807, 2.05) is 24.9 Å². The molecule has 0 saturated heterocycles. The summed E-state index contributed by atoms with van der Waals surface area (Å²) < 4.78 is 13.6. The molecule has 0 amide bonds. The highest BCUT2D eigenvalue weighted by molar-refractivity contribution is 7.98. The minimum absolute atomic E-state index is 0.238. The number of hydrogen-bond donors (Lipinski definition) is 0.